The lowest BCUT2D eigenvalue weighted by Crippen LogP contribution is -2.23. The Morgan fingerprint density at radius 1 is 1.44 bits per heavy atom. The van der Waals surface area contributed by atoms with Crippen molar-refractivity contribution in [3.8, 4) is 0 Å². The van der Waals surface area contributed by atoms with Crippen LogP contribution >= 0.6 is 23.1 Å². The molecule has 0 spiro atoms. The molecule has 0 bridgehead atoms. The van der Waals surface area contributed by atoms with Crippen molar-refractivity contribution < 1.29 is 4.79 Å². The zero-order valence-corrected chi connectivity index (χ0v) is 9.76. The van der Waals surface area contributed by atoms with Crippen LogP contribution < -0.4 is 5.32 Å². The highest BCUT2D eigenvalue weighted by atomic mass is 35.5. The Bertz CT molecular complexity index is 487. The molecule has 2 rings (SSSR count). The fourth-order valence-electron chi connectivity index (χ4n) is 1.17. The summed E-state index contributed by atoms with van der Waals surface area (Å²) in [7, 11) is 0. The number of halogens is 1. The van der Waals surface area contributed by atoms with Gasteiger partial charge in [-0.1, -0.05) is 34.3 Å². The van der Waals surface area contributed by atoms with Crippen molar-refractivity contribution in [2.45, 2.75) is 6.54 Å². The molecule has 0 aliphatic rings. The molecule has 1 heterocycles. The quantitative estimate of drug-likeness (QED) is 0.912. The highest BCUT2D eigenvalue weighted by Crippen LogP contribution is 2.14. The van der Waals surface area contributed by atoms with Crippen LogP contribution in [-0.2, 0) is 6.54 Å². The van der Waals surface area contributed by atoms with E-state index < -0.39 is 0 Å². The number of nitrogens with one attached hydrogen (secondary N) is 1. The van der Waals surface area contributed by atoms with E-state index in [1.165, 1.54) is 0 Å². The number of amides is 1. The van der Waals surface area contributed by atoms with Gasteiger partial charge in [0.15, 0.2) is 5.69 Å². The van der Waals surface area contributed by atoms with Crippen molar-refractivity contribution in [1.29, 1.82) is 0 Å². The molecule has 4 nitrogen and oxygen atoms in total. The second kappa shape index (κ2) is 5.05. The van der Waals surface area contributed by atoms with Gasteiger partial charge in [0.25, 0.3) is 5.91 Å². The van der Waals surface area contributed by atoms with Crippen LogP contribution in [-0.4, -0.2) is 15.5 Å². The van der Waals surface area contributed by atoms with Gasteiger partial charge in [-0.05, 0) is 23.2 Å². The highest BCUT2D eigenvalue weighted by molar-refractivity contribution is 7.03. The van der Waals surface area contributed by atoms with Crippen LogP contribution in [0.2, 0.25) is 5.02 Å². The minimum absolute atomic E-state index is 0.242. The zero-order chi connectivity index (χ0) is 11.4. The Labute approximate surface area is 101 Å². The van der Waals surface area contributed by atoms with Crippen molar-refractivity contribution in [2.75, 3.05) is 0 Å². The van der Waals surface area contributed by atoms with E-state index in [0.29, 0.717) is 17.3 Å². The third kappa shape index (κ3) is 2.56. The van der Waals surface area contributed by atoms with Gasteiger partial charge in [0.1, 0.15) is 0 Å². The SMILES string of the molecule is O=C(NCc1ccccc1Cl)c1csnn1. The summed E-state index contributed by atoms with van der Waals surface area (Å²) in [5.41, 5.74) is 1.21. The molecular formula is C10H8ClN3OS. The summed E-state index contributed by atoms with van der Waals surface area (Å²) < 4.78 is 3.62. The third-order valence-electron chi connectivity index (χ3n) is 1.99. The Hall–Kier alpha value is -1.46. The zero-order valence-electron chi connectivity index (χ0n) is 8.18. The van der Waals surface area contributed by atoms with Crippen LogP contribution in [0.15, 0.2) is 29.6 Å². The Kier molecular flexibility index (Phi) is 3.48. The van der Waals surface area contributed by atoms with E-state index in [0.717, 1.165) is 17.1 Å². The molecule has 1 N–H and O–H groups in total. The molecule has 2 aromatic rings. The van der Waals surface area contributed by atoms with E-state index in [9.17, 15) is 4.79 Å². The van der Waals surface area contributed by atoms with Crippen LogP contribution in [0.25, 0.3) is 0 Å². The molecular weight excluding hydrogens is 246 g/mol. The molecule has 1 aromatic heterocycles. The maximum atomic E-state index is 11.5. The summed E-state index contributed by atoms with van der Waals surface area (Å²) >= 11 is 7.10. The van der Waals surface area contributed by atoms with Gasteiger partial charge in [0.2, 0.25) is 0 Å². The van der Waals surface area contributed by atoms with Crippen molar-refractivity contribution >= 4 is 29.0 Å². The number of aromatic nitrogens is 2. The van der Waals surface area contributed by atoms with E-state index in [2.05, 4.69) is 14.9 Å². The summed E-state index contributed by atoms with van der Waals surface area (Å²) in [4.78, 5) is 11.5. The predicted molar refractivity (Wildman–Crippen MR) is 62.5 cm³/mol. The van der Waals surface area contributed by atoms with Crippen LogP contribution in [0.1, 0.15) is 16.1 Å². The fraction of sp³-hybridized carbons (Fsp3) is 0.100. The van der Waals surface area contributed by atoms with Gasteiger partial charge in [-0.3, -0.25) is 4.79 Å². The van der Waals surface area contributed by atoms with Crippen LogP contribution in [0.5, 0.6) is 0 Å². The second-order valence-electron chi connectivity index (χ2n) is 3.06. The van der Waals surface area contributed by atoms with E-state index >= 15 is 0 Å². The highest BCUT2D eigenvalue weighted by Gasteiger charge is 2.08. The van der Waals surface area contributed by atoms with Crippen molar-refractivity contribution in [1.82, 2.24) is 14.9 Å². The predicted octanol–water partition coefficient (Wildman–Crippen LogP) is 2.12. The van der Waals surface area contributed by atoms with Gasteiger partial charge in [0, 0.05) is 16.9 Å². The molecule has 0 aliphatic carbocycles. The van der Waals surface area contributed by atoms with Gasteiger partial charge >= 0.3 is 0 Å². The molecule has 0 saturated carbocycles. The molecule has 0 radical (unpaired) electrons. The summed E-state index contributed by atoms with van der Waals surface area (Å²) in [6.07, 6.45) is 0. The summed E-state index contributed by atoms with van der Waals surface area (Å²) in [5, 5.41) is 8.63. The first-order valence-corrected chi connectivity index (χ1v) is 5.77. The molecule has 0 fully saturated rings. The lowest BCUT2D eigenvalue weighted by molar-refractivity contribution is 0.0946. The minimum atomic E-state index is -0.242. The Morgan fingerprint density at radius 3 is 2.94 bits per heavy atom. The standard InChI is InChI=1S/C10H8ClN3OS/c11-8-4-2-1-3-7(8)5-12-10(15)9-6-16-14-13-9/h1-4,6H,5H2,(H,12,15). The van der Waals surface area contributed by atoms with Crippen molar-refractivity contribution in [3.63, 3.8) is 0 Å². The number of rotatable bonds is 3. The molecule has 0 saturated heterocycles. The van der Waals surface area contributed by atoms with E-state index in [1.54, 1.807) is 11.4 Å². The van der Waals surface area contributed by atoms with Crippen LogP contribution in [0.4, 0.5) is 0 Å². The molecule has 16 heavy (non-hydrogen) atoms. The first-order chi connectivity index (χ1) is 7.77. The lowest BCUT2D eigenvalue weighted by atomic mass is 10.2. The summed E-state index contributed by atoms with van der Waals surface area (Å²) in [6, 6.07) is 7.37. The van der Waals surface area contributed by atoms with E-state index in [4.69, 9.17) is 11.6 Å². The third-order valence-corrected chi connectivity index (χ3v) is 2.86. The second-order valence-corrected chi connectivity index (χ2v) is 4.08. The lowest BCUT2D eigenvalue weighted by Gasteiger charge is -2.04. The number of benzene rings is 1. The average Bonchev–Trinajstić information content (AvgIpc) is 2.81. The minimum Gasteiger partial charge on any atom is -0.346 e. The number of hydrogen-bond donors (Lipinski definition) is 1. The number of carbonyl (C=O) groups excluding carboxylic acids is 1. The topological polar surface area (TPSA) is 54.9 Å². The summed E-state index contributed by atoms with van der Waals surface area (Å²) in [6.45, 7) is 0.385. The maximum Gasteiger partial charge on any atom is 0.273 e. The number of hydrogen-bond acceptors (Lipinski definition) is 4. The van der Waals surface area contributed by atoms with Gasteiger partial charge in [-0.15, -0.1) is 5.10 Å². The molecule has 1 aromatic carbocycles. The fourth-order valence-corrected chi connectivity index (χ4v) is 1.81. The molecule has 0 aliphatic heterocycles. The first-order valence-electron chi connectivity index (χ1n) is 4.56. The van der Waals surface area contributed by atoms with Crippen LogP contribution in [0.3, 0.4) is 0 Å². The molecule has 1 amide bonds. The Morgan fingerprint density at radius 2 is 2.25 bits per heavy atom. The van der Waals surface area contributed by atoms with Crippen molar-refractivity contribution in [3.05, 3.63) is 45.9 Å². The van der Waals surface area contributed by atoms with Gasteiger partial charge in [-0.25, -0.2) is 0 Å². The van der Waals surface area contributed by atoms with E-state index in [-0.39, 0.29) is 5.91 Å². The first kappa shape index (κ1) is 11.0. The van der Waals surface area contributed by atoms with Crippen LogP contribution in [0, 0.1) is 0 Å². The summed E-state index contributed by atoms with van der Waals surface area (Å²) in [5.74, 6) is -0.242. The van der Waals surface area contributed by atoms with Crippen molar-refractivity contribution in [2.24, 2.45) is 0 Å². The van der Waals surface area contributed by atoms with Gasteiger partial charge in [-0.2, -0.15) is 0 Å². The molecule has 0 unspecified atom stereocenters. The monoisotopic (exact) mass is 253 g/mol. The average molecular weight is 254 g/mol. The number of carbonyl (C=O) groups is 1. The number of nitrogens with zero attached hydrogens (tertiary/aromatic N) is 2. The normalized spacial score (nSPS) is 10.1. The molecule has 82 valence electrons. The molecule has 0 atom stereocenters. The maximum absolute atomic E-state index is 11.5. The van der Waals surface area contributed by atoms with Gasteiger partial charge < -0.3 is 5.32 Å². The Balaban J connectivity index is 1.98. The van der Waals surface area contributed by atoms with Gasteiger partial charge in [0.05, 0.1) is 0 Å². The largest absolute Gasteiger partial charge is 0.346 e. The molecule has 6 heteroatoms. The van der Waals surface area contributed by atoms with E-state index in [1.807, 2.05) is 18.2 Å². The smallest absolute Gasteiger partial charge is 0.273 e.